The summed E-state index contributed by atoms with van der Waals surface area (Å²) in [4.78, 5) is 0. The van der Waals surface area contributed by atoms with Crippen LogP contribution in [0.25, 0.3) is 0 Å². The minimum atomic E-state index is -0.402. The van der Waals surface area contributed by atoms with E-state index >= 15 is 0 Å². The van der Waals surface area contributed by atoms with E-state index in [4.69, 9.17) is 9.47 Å². The molecule has 3 unspecified atom stereocenters. The van der Waals surface area contributed by atoms with Gasteiger partial charge in [-0.25, -0.2) is 0 Å². The molecule has 0 bridgehead atoms. The molecular weight excluding hydrogens is 254 g/mol. The van der Waals surface area contributed by atoms with E-state index in [-0.39, 0.29) is 0 Å². The molecule has 1 aliphatic carbocycles. The summed E-state index contributed by atoms with van der Waals surface area (Å²) in [5, 5.41) is 13.1. The molecule has 0 spiro atoms. The van der Waals surface area contributed by atoms with Crippen molar-refractivity contribution in [1.82, 2.24) is 5.32 Å². The van der Waals surface area contributed by atoms with E-state index in [1.165, 1.54) is 19.3 Å². The number of ether oxygens (including phenoxy) is 2. The molecule has 1 fully saturated rings. The van der Waals surface area contributed by atoms with Crippen LogP contribution < -0.4 is 5.32 Å². The summed E-state index contributed by atoms with van der Waals surface area (Å²) in [5.41, 5.74) is 0. The monoisotopic (exact) mass is 287 g/mol. The van der Waals surface area contributed by atoms with Crippen LogP contribution in [0.4, 0.5) is 0 Å². The fraction of sp³-hybridized carbons (Fsp3) is 1.00. The van der Waals surface area contributed by atoms with E-state index < -0.39 is 6.10 Å². The summed E-state index contributed by atoms with van der Waals surface area (Å²) in [6.07, 6.45) is 7.01. The standard InChI is InChI=1S/C16H33NO3/c1-3-10-19-11-6-9-17-12-15(18)13-20-16-8-5-4-7-14(16)2/h14-18H,3-13H2,1-2H3. The SMILES string of the molecule is CCCOCCCNCC(O)COC1CCCCC1C. The zero-order chi connectivity index (χ0) is 14.6. The Morgan fingerprint density at radius 2 is 2.05 bits per heavy atom. The maximum atomic E-state index is 9.89. The topological polar surface area (TPSA) is 50.7 Å². The molecular formula is C16H33NO3. The van der Waals surface area contributed by atoms with Gasteiger partial charge >= 0.3 is 0 Å². The Labute approximate surface area is 124 Å². The summed E-state index contributed by atoms with van der Waals surface area (Å²) >= 11 is 0. The highest BCUT2D eigenvalue weighted by molar-refractivity contribution is 4.73. The van der Waals surface area contributed by atoms with E-state index in [2.05, 4.69) is 19.2 Å². The minimum Gasteiger partial charge on any atom is -0.389 e. The van der Waals surface area contributed by atoms with Gasteiger partial charge in [0, 0.05) is 19.8 Å². The zero-order valence-electron chi connectivity index (χ0n) is 13.3. The van der Waals surface area contributed by atoms with E-state index in [1.807, 2.05) is 0 Å². The molecule has 0 aromatic carbocycles. The predicted octanol–water partition coefficient (Wildman–Crippen LogP) is 2.35. The molecule has 0 amide bonds. The number of aliphatic hydroxyl groups excluding tert-OH is 1. The first kappa shape index (κ1) is 17.9. The van der Waals surface area contributed by atoms with E-state index in [9.17, 15) is 5.11 Å². The van der Waals surface area contributed by atoms with Crippen LogP contribution in [0.3, 0.4) is 0 Å². The van der Waals surface area contributed by atoms with Crippen molar-refractivity contribution in [1.29, 1.82) is 0 Å². The highest BCUT2D eigenvalue weighted by Crippen LogP contribution is 2.26. The first-order chi connectivity index (χ1) is 9.74. The first-order valence-corrected chi connectivity index (χ1v) is 8.32. The Balaban J connectivity index is 1.93. The van der Waals surface area contributed by atoms with Gasteiger partial charge in [-0.2, -0.15) is 0 Å². The maximum absolute atomic E-state index is 9.89. The Morgan fingerprint density at radius 1 is 1.25 bits per heavy atom. The van der Waals surface area contributed by atoms with Crippen molar-refractivity contribution in [2.75, 3.05) is 32.9 Å². The summed E-state index contributed by atoms with van der Waals surface area (Å²) in [7, 11) is 0. The van der Waals surface area contributed by atoms with Crippen LogP contribution in [0.15, 0.2) is 0 Å². The summed E-state index contributed by atoms with van der Waals surface area (Å²) in [6, 6.07) is 0. The molecule has 2 N–H and O–H groups in total. The van der Waals surface area contributed by atoms with Crippen molar-refractivity contribution in [3.05, 3.63) is 0 Å². The van der Waals surface area contributed by atoms with Crippen LogP contribution in [0, 0.1) is 5.92 Å². The van der Waals surface area contributed by atoms with Gasteiger partial charge in [0.15, 0.2) is 0 Å². The molecule has 3 atom stereocenters. The molecule has 0 aliphatic heterocycles. The van der Waals surface area contributed by atoms with Gasteiger partial charge in [0.25, 0.3) is 0 Å². The summed E-state index contributed by atoms with van der Waals surface area (Å²) in [5.74, 6) is 0.639. The van der Waals surface area contributed by atoms with Crippen LogP contribution in [0.1, 0.15) is 52.4 Å². The molecule has 0 radical (unpaired) electrons. The largest absolute Gasteiger partial charge is 0.389 e. The lowest BCUT2D eigenvalue weighted by Gasteiger charge is -2.29. The average Bonchev–Trinajstić information content (AvgIpc) is 2.45. The molecule has 120 valence electrons. The smallest absolute Gasteiger partial charge is 0.0897 e. The van der Waals surface area contributed by atoms with E-state index in [0.29, 0.717) is 25.2 Å². The highest BCUT2D eigenvalue weighted by Gasteiger charge is 2.22. The second-order valence-electron chi connectivity index (χ2n) is 5.96. The number of aliphatic hydroxyl groups is 1. The molecule has 0 aromatic heterocycles. The lowest BCUT2D eigenvalue weighted by molar-refractivity contribution is -0.0451. The second-order valence-corrected chi connectivity index (χ2v) is 5.96. The lowest BCUT2D eigenvalue weighted by atomic mass is 9.88. The van der Waals surface area contributed by atoms with Crippen LogP contribution in [0.2, 0.25) is 0 Å². The molecule has 1 aliphatic rings. The molecule has 0 aromatic rings. The number of nitrogens with one attached hydrogen (secondary N) is 1. The van der Waals surface area contributed by atoms with Crippen LogP contribution in [0.5, 0.6) is 0 Å². The van der Waals surface area contributed by atoms with E-state index in [1.54, 1.807) is 0 Å². The minimum absolute atomic E-state index is 0.348. The van der Waals surface area contributed by atoms with Gasteiger partial charge in [-0.3, -0.25) is 0 Å². The molecule has 1 saturated carbocycles. The average molecular weight is 287 g/mol. The normalized spacial score (nSPS) is 24.8. The molecule has 0 saturated heterocycles. The molecule has 20 heavy (non-hydrogen) atoms. The Kier molecular flexibility index (Phi) is 10.3. The number of hydrogen-bond donors (Lipinski definition) is 2. The Bertz CT molecular complexity index is 226. The zero-order valence-corrected chi connectivity index (χ0v) is 13.3. The van der Waals surface area contributed by atoms with Crippen LogP contribution in [-0.4, -0.2) is 50.2 Å². The van der Waals surface area contributed by atoms with Gasteiger partial charge in [0.1, 0.15) is 0 Å². The molecule has 0 heterocycles. The van der Waals surface area contributed by atoms with Crippen molar-refractivity contribution >= 4 is 0 Å². The fourth-order valence-corrected chi connectivity index (χ4v) is 2.64. The molecule has 4 nitrogen and oxygen atoms in total. The third-order valence-corrected chi connectivity index (χ3v) is 3.91. The highest BCUT2D eigenvalue weighted by atomic mass is 16.5. The van der Waals surface area contributed by atoms with Gasteiger partial charge in [-0.05, 0) is 38.1 Å². The van der Waals surface area contributed by atoms with Gasteiger partial charge in [0.05, 0.1) is 18.8 Å². The maximum Gasteiger partial charge on any atom is 0.0897 e. The van der Waals surface area contributed by atoms with Crippen LogP contribution >= 0.6 is 0 Å². The van der Waals surface area contributed by atoms with Gasteiger partial charge < -0.3 is 19.9 Å². The summed E-state index contributed by atoms with van der Waals surface area (Å²) in [6.45, 7) is 7.96. The van der Waals surface area contributed by atoms with Crippen molar-refractivity contribution in [2.45, 2.75) is 64.6 Å². The number of hydrogen-bond acceptors (Lipinski definition) is 4. The van der Waals surface area contributed by atoms with Gasteiger partial charge in [-0.1, -0.05) is 26.7 Å². The second kappa shape index (κ2) is 11.5. The molecule has 1 rings (SSSR count). The van der Waals surface area contributed by atoms with Crippen molar-refractivity contribution < 1.29 is 14.6 Å². The first-order valence-electron chi connectivity index (χ1n) is 8.32. The Hall–Kier alpha value is -0.160. The third-order valence-electron chi connectivity index (χ3n) is 3.91. The van der Waals surface area contributed by atoms with Gasteiger partial charge in [-0.15, -0.1) is 0 Å². The lowest BCUT2D eigenvalue weighted by Crippen LogP contribution is -2.35. The van der Waals surface area contributed by atoms with Crippen LogP contribution in [-0.2, 0) is 9.47 Å². The third kappa shape index (κ3) is 8.20. The molecule has 4 heteroatoms. The van der Waals surface area contributed by atoms with Crippen molar-refractivity contribution in [2.24, 2.45) is 5.92 Å². The number of rotatable bonds is 11. The quantitative estimate of drug-likeness (QED) is 0.573. The fourth-order valence-electron chi connectivity index (χ4n) is 2.64. The van der Waals surface area contributed by atoms with E-state index in [0.717, 1.165) is 39.0 Å². The predicted molar refractivity (Wildman–Crippen MR) is 82.0 cm³/mol. The van der Waals surface area contributed by atoms with Crippen molar-refractivity contribution in [3.63, 3.8) is 0 Å². The summed E-state index contributed by atoms with van der Waals surface area (Å²) < 4.78 is 11.3. The van der Waals surface area contributed by atoms with Gasteiger partial charge in [0.2, 0.25) is 0 Å². The Morgan fingerprint density at radius 3 is 2.80 bits per heavy atom. The van der Waals surface area contributed by atoms with Crippen molar-refractivity contribution in [3.8, 4) is 0 Å².